The van der Waals surface area contributed by atoms with E-state index in [0.29, 0.717) is 5.76 Å². The number of hydrogen-bond donors (Lipinski definition) is 1. The van der Waals surface area contributed by atoms with Crippen LogP contribution in [0.2, 0.25) is 0 Å². The molecule has 112 valence electrons. The predicted molar refractivity (Wildman–Crippen MR) is 76.6 cm³/mol. The van der Waals surface area contributed by atoms with E-state index in [1.165, 1.54) is 0 Å². The molecule has 4 rings (SSSR count). The fraction of sp³-hybridized carbons (Fsp3) is 0.250. The number of hydrogen-bond acceptors (Lipinski definition) is 5. The first-order valence-corrected chi connectivity index (χ1v) is 7.06. The Morgan fingerprint density at radius 1 is 1.09 bits per heavy atom. The zero-order valence-corrected chi connectivity index (χ0v) is 11.9. The van der Waals surface area contributed by atoms with Gasteiger partial charge in [0.15, 0.2) is 6.10 Å². The fourth-order valence-corrected chi connectivity index (χ4v) is 3.00. The number of aryl methyl sites for hydroxylation is 1. The number of fused-ring (bicyclic) bond motifs is 1. The third-order valence-electron chi connectivity index (χ3n) is 4.08. The van der Waals surface area contributed by atoms with Gasteiger partial charge in [-0.3, -0.25) is 19.7 Å². The molecule has 2 fully saturated rings. The van der Waals surface area contributed by atoms with Crippen LogP contribution in [-0.4, -0.2) is 17.9 Å². The maximum Gasteiger partial charge on any atom is 0.259 e. The second kappa shape index (κ2) is 4.71. The van der Waals surface area contributed by atoms with Crippen molar-refractivity contribution in [2.75, 3.05) is 5.06 Å². The van der Waals surface area contributed by atoms with Crippen LogP contribution in [0.5, 0.6) is 0 Å². The van der Waals surface area contributed by atoms with Crippen LogP contribution in [0.3, 0.4) is 0 Å². The van der Waals surface area contributed by atoms with Crippen molar-refractivity contribution in [3.63, 3.8) is 0 Å². The molecule has 3 atom stereocenters. The van der Waals surface area contributed by atoms with Gasteiger partial charge in [0.25, 0.3) is 5.91 Å². The van der Waals surface area contributed by atoms with Crippen molar-refractivity contribution >= 4 is 17.5 Å². The largest absolute Gasteiger partial charge is 0.467 e. The summed E-state index contributed by atoms with van der Waals surface area (Å²) in [6.07, 6.45) is 0.730. The molecule has 1 N–H and O–H groups in total. The second-order valence-corrected chi connectivity index (χ2v) is 5.53. The lowest BCUT2D eigenvalue weighted by atomic mass is 9.94. The lowest BCUT2D eigenvalue weighted by Gasteiger charge is -2.25. The van der Waals surface area contributed by atoms with Gasteiger partial charge < -0.3 is 4.42 Å². The lowest BCUT2D eigenvalue weighted by Crippen LogP contribution is -2.33. The maximum atomic E-state index is 12.1. The van der Waals surface area contributed by atoms with E-state index < -0.39 is 24.0 Å². The summed E-state index contributed by atoms with van der Waals surface area (Å²) in [5.74, 6) is -0.745. The van der Waals surface area contributed by atoms with Crippen LogP contribution in [0.15, 0.2) is 47.1 Å². The van der Waals surface area contributed by atoms with Gasteiger partial charge in [-0.15, -0.1) is 0 Å². The minimum absolute atomic E-state index is 0.328. The third kappa shape index (κ3) is 1.84. The van der Waals surface area contributed by atoms with E-state index >= 15 is 0 Å². The Balaban J connectivity index is 1.78. The number of nitrogens with one attached hydrogen (secondary N) is 1. The maximum absolute atomic E-state index is 12.1. The van der Waals surface area contributed by atoms with Crippen molar-refractivity contribution in [1.29, 1.82) is 0 Å². The van der Waals surface area contributed by atoms with Crippen molar-refractivity contribution in [3.8, 4) is 0 Å². The van der Waals surface area contributed by atoms with Gasteiger partial charge in [0.05, 0.1) is 12.0 Å². The van der Waals surface area contributed by atoms with Crippen molar-refractivity contribution in [1.82, 2.24) is 5.32 Å². The Morgan fingerprint density at radius 2 is 1.86 bits per heavy atom. The molecule has 2 amide bonds. The summed E-state index contributed by atoms with van der Waals surface area (Å²) in [5, 5.41) is 3.92. The first-order chi connectivity index (χ1) is 10.6. The van der Waals surface area contributed by atoms with Crippen LogP contribution in [0.25, 0.3) is 0 Å². The summed E-state index contributed by atoms with van der Waals surface area (Å²) < 4.78 is 5.47. The highest BCUT2D eigenvalue weighted by atomic mass is 16.7. The molecule has 0 unspecified atom stereocenters. The average molecular weight is 298 g/mol. The van der Waals surface area contributed by atoms with Gasteiger partial charge in [-0.25, -0.2) is 5.06 Å². The topological polar surface area (TPSA) is 71.8 Å². The zero-order valence-electron chi connectivity index (χ0n) is 11.9. The summed E-state index contributed by atoms with van der Waals surface area (Å²) in [4.78, 5) is 29.8. The number of nitrogens with zero attached hydrogens (tertiary/aromatic N) is 1. The molecule has 1 aromatic heterocycles. The molecule has 0 radical (unpaired) electrons. The van der Waals surface area contributed by atoms with Gasteiger partial charge in [-0.2, -0.15) is 0 Å². The minimum atomic E-state index is -0.816. The van der Waals surface area contributed by atoms with E-state index in [4.69, 9.17) is 9.25 Å². The standard InChI is InChI=1S/C16H14N2O4/c1-9-4-6-10(7-5-9)18-13(11-3-2-8-21-11)12-14(22-18)16(20)17-15(12)19/h2-8,12-14H,1H3,(H,17,19,20)/t12-,13+,14-/m0/s1. The van der Waals surface area contributed by atoms with Gasteiger partial charge >= 0.3 is 0 Å². The van der Waals surface area contributed by atoms with Crippen LogP contribution < -0.4 is 10.4 Å². The Labute approximate surface area is 126 Å². The first-order valence-electron chi connectivity index (χ1n) is 7.06. The van der Waals surface area contributed by atoms with E-state index in [1.807, 2.05) is 31.2 Å². The van der Waals surface area contributed by atoms with Gasteiger partial charge in [-0.05, 0) is 31.2 Å². The number of carbonyl (C=O) groups is 2. The lowest BCUT2D eigenvalue weighted by molar-refractivity contribution is -0.129. The van der Waals surface area contributed by atoms with Crippen LogP contribution in [0, 0.1) is 12.8 Å². The number of benzene rings is 1. The summed E-state index contributed by atoms with van der Waals surface area (Å²) in [6, 6.07) is 10.8. The molecule has 6 heteroatoms. The van der Waals surface area contributed by atoms with Gasteiger partial charge in [0, 0.05) is 0 Å². The molecular formula is C16H14N2O4. The molecule has 0 aliphatic carbocycles. The average Bonchev–Trinajstić information content (AvgIpc) is 3.19. The Bertz CT molecular complexity index is 723. The molecule has 2 saturated heterocycles. The normalized spacial score (nSPS) is 27.1. The first kappa shape index (κ1) is 13.1. The second-order valence-electron chi connectivity index (χ2n) is 5.53. The van der Waals surface area contributed by atoms with E-state index in [2.05, 4.69) is 5.32 Å². The molecule has 1 aromatic carbocycles. The van der Waals surface area contributed by atoms with Crippen molar-refractivity contribution < 1.29 is 18.8 Å². The van der Waals surface area contributed by atoms with Crippen LogP contribution in [0.4, 0.5) is 5.69 Å². The van der Waals surface area contributed by atoms with E-state index in [1.54, 1.807) is 23.5 Å². The molecule has 0 bridgehead atoms. The highest BCUT2D eigenvalue weighted by Gasteiger charge is 2.57. The van der Waals surface area contributed by atoms with E-state index in [0.717, 1.165) is 11.3 Å². The molecule has 22 heavy (non-hydrogen) atoms. The molecule has 6 nitrogen and oxygen atoms in total. The van der Waals surface area contributed by atoms with E-state index in [9.17, 15) is 9.59 Å². The van der Waals surface area contributed by atoms with E-state index in [-0.39, 0.29) is 5.91 Å². The number of amides is 2. The monoisotopic (exact) mass is 298 g/mol. The molecule has 0 saturated carbocycles. The minimum Gasteiger partial charge on any atom is -0.467 e. The number of carbonyl (C=O) groups excluding carboxylic acids is 2. The summed E-state index contributed by atoms with van der Waals surface area (Å²) in [6.45, 7) is 1.99. The van der Waals surface area contributed by atoms with Crippen molar-refractivity contribution in [2.45, 2.75) is 19.1 Å². The van der Waals surface area contributed by atoms with Gasteiger partial charge in [0.2, 0.25) is 5.91 Å². The molecule has 2 aliphatic rings. The van der Waals surface area contributed by atoms with Crippen LogP contribution in [0.1, 0.15) is 17.4 Å². The molecule has 3 heterocycles. The highest BCUT2D eigenvalue weighted by Crippen LogP contribution is 2.44. The number of rotatable bonds is 2. The van der Waals surface area contributed by atoms with Gasteiger partial charge in [-0.1, -0.05) is 17.7 Å². The van der Waals surface area contributed by atoms with Crippen LogP contribution in [-0.2, 0) is 14.4 Å². The molecule has 0 spiro atoms. The van der Waals surface area contributed by atoms with Crippen LogP contribution >= 0.6 is 0 Å². The smallest absolute Gasteiger partial charge is 0.259 e. The molecule has 2 aliphatic heterocycles. The zero-order chi connectivity index (χ0) is 15.3. The summed E-state index contributed by atoms with van der Waals surface area (Å²) in [5.41, 5.74) is 1.90. The molecule has 2 aromatic rings. The Hall–Kier alpha value is -2.60. The fourth-order valence-electron chi connectivity index (χ4n) is 3.00. The highest BCUT2D eigenvalue weighted by molar-refractivity contribution is 6.07. The summed E-state index contributed by atoms with van der Waals surface area (Å²) in [7, 11) is 0. The quantitative estimate of drug-likeness (QED) is 0.855. The summed E-state index contributed by atoms with van der Waals surface area (Å²) >= 11 is 0. The van der Waals surface area contributed by atoms with Crippen molar-refractivity contribution in [2.24, 2.45) is 5.92 Å². The third-order valence-corrected chi connectivity index (χ3v) is 4.08. The molecular weight excluding hydrogens is 284 g/mol. The number of anilines is 1. The number of hydroxylamine groups is 1. The number of furan rings is 1. The Morgan fingerprint density at radius 3 is 2.55 bits per heavy atom. The van der Waals surface area contributed by atoms with Gasteiger partial charge in [0.1, 0.15) is 17.7 Å². The SMILES string of the molecule is Cc1ccc(N2O[C@@H]3C(=O)NC(=O)[C@H]3[C@H]2c2ccco2)cc1. The Kier molecular flexibility index (Phi) is 2.80. The van der Waals surface area contributed by atoms with Crippen molar-refractivity contribution in [3.05, 3.63) is 54.0 Å². The number of imide groups is 1. The predicted octanol–water partition coefficient (Wildman–Crippen LogP) is 1.72.